The number of piperidine rings is 1. The van der Waals surface area contributed by atoms with E-state index in [0.717, 1.165) is 17.5 Å². The Balaban J connectivity index is 2.60. The summed E-state index contributed by atoms with van der Waals surface area (Å²) in [6.07, 6.45) is 1.74. The van der Waals surface area contributed by atoms with E-state index in [1.165, 1.54) is 0 Å². The second kappa shape index (κ2) is 9.13. The molecule has 1 heterocycles. The van der Waals surface area contributed by atoms with E-state index in [1.807, 2.05) is 33.9 Å². The zero-order valence-corrected chi connectivity index (χ0v) is 18.2. The molecule has 2 rings (SSSR count). The molecule has 0 aromatic heterocycles. The molecule has 1 fully saturated rings. The molecule has 0 saturated carbocycles. The summed E-state index contributed by atoms with van der Waals surface area (Å²) in [4.78, 5) is 26.9. The van der Waals surface area contributed by atoms with Gasteiger partial charge in [-0.3, -0.25) is 10.1 Å². The lowest BCUT2D eigenvalue weighted by molar-refractivity contribution is -0.147. The number of urea groups is 1. The Kier molecular flexibility index (Phi) is 7.30. The first-order valence-corrected chi connectivity index (χ1v) is 10.4. The van der Waals surface area contributed by atoms with Crippen LogP contribution in [-0.2, 0) is 10.2 Å². The molecule has 3 atom stereocenters. The molecule has 162 valence electrons. The normalized spacial score (nSPS) is 27.4. The van der Waals surface area contributed by atoms with Crippen LogP contribution in [0.15, 0.2) is 18.2 Å². The molecule has 0 radical (unpaired) electrons. The summed E-state index contributed by atoms with van der Waals surface area (Å²) >= 11 is 0. The number of hydrogen-bond acceptors (Lipinski definition) is 5. The van der Waals surface area contributed by atoms with Crippen molar-refractivity contribution in [2.24, 2.45) is 0 Å². The van der Waals surface area contributed by atoms with E-state index in [9.17, 15) is 19.8 Å². The molecule has 0 spiro atoms. The molecule has 0 bridgehead atoms. The van der Waals surface area contributed by atoms with Crippen molar-refractivity contribution in [3.63, 3.8) is 0 Å². The predicted octanol–water partition coefficient (Wildman–Crippen LogP) is 2.43. The highest BCUT2D eigenvalue weighted by atomic mass is 16.3. The molecule has 7 nitrogen and oxygen atoms in total. The molecular weight excluding hydrogens is 370 g/mol. The van der Waals surface area contributed by atoms with Gasteiger partial charge in [-0.05, 0) is 70.5 Å². The minimum absolute atomic E-state index is 0.0386. The highest BCUT2D eigenvalue weighted by Crippen LogP contribution is 2.51. The van der Waals surface area contributed by atoms with Crippen LogP contribution in [-0.4, -0.2) is 58.8 Å². The summed E-state index contributed by atoms with van der Waals surface area (Å²) < 4.78 is 0. The third-order valence-corrected chi connectivity index (χ3v) is 6.49. The lowest BCUT2D eigenvalue weighted by Crippen LogP contribution is -2.68. The van der Waals surface area contributed by atoms with E-state index in [2.05, 4.69) is 15.5 Å². The number of nitrogens with zero attached hydrogens (tertiary/aromatic N) is 1. The van der Waals surface area contributed by atoms with Crippen LogP contribution in [0.3, 0.4) is 0 Å². The van der Waals surface area contributed by atoms with Gasteiger partial charge in [-0.1, -0.05) is 19.4 Å². The van der Waals surface area contributed by atoms with Gasteiger partial charge in [-0.15, -0.1) is 0 Å². The Bertz CT molecular complexity index is 754. The van der Waals surface area contributed by atoms with Crippen LogP contribution in [0.5, 0.6) is 5.75 Å². The van der Waals surface area contributed by atoms with Gasteiger partial charge in [0.25, 0.3) is 0 Å². The van der Waals surface area contributed by atoms with Gasteiger partial charge in [0.1, 0.15) is 5.75 Å². The maximum atomic E-state index is 12.9. The van der Waals surface area contributed by atoms with Crippen molar-refractivity contribution in [3.8, 4) is 5.75 Å². The molecular formula is C22H35N3O4. The molecule has 0 aliphatic carbocycles. The smallest absolute Gasteiger partial charge is 0.321 e. The number of likely N-dealkylation sites (N-methyl/N-ethyl adjacent to an activating group) is 1. The van der Waals surface area contributed by atoms with E-state index in [1.54, 1.807) is 19.1 Å². The van der Waals surface area contributed by atoms with Crippen molar-refractivity contribution >= 4 is 11.9 Å². The fraction of sp³-hybridized carbons (Fsp3) is 0.636. The number of aryl methyl sites for hydroxylation is 1. The molecule has 1 saturated heterocycles. The average Bonchev–Trinajstić information content (AvgIpc) is 2.65. The highest BCUT2D eigenvalue weighted by molar-refractivity contribution is 5.95. The highest BCUT2D eigenvalue weighted by Gasteiger charge is 2.58. The molecule has 1 aliphatic rings. The summed E-state index contributed by atoms with van der Waals surface area (Å²) in [6, 6.07) is 4.34. The number of imide groups is 1. The molecule has 7 heteroatoms. The van der Waals surface area contributed by atoms with E-state index < -0.39 is 23.0 Å². The van der Waals surface area contributed by atoms with Gasteiger partial charge in [-0.25, -0.2) is 4.79 Å². The number of aromatic hydroxyl groups is 1. The topological polar surface area (TPSA) is 102 Å². The van der Waals surface area contributed by atoms with Gasteiger partial charge < -0.3 is 20.4 Å². The van der Waals surface area contributed by atoms with Crippen molar-refractivity contribution < 1.29 is 19.8 Å². The monoisotopic (exact) mass is 405 g/mol. The Morgan fingerprint density at radius 3 is 2.62 bits per heavy atom. The lowest BCUT2D eigenvalue weighted by Gasteiger charge is -2.57. The quantitative estimate of drug-likeness (QED) is 0.582. The van der Waals surface area contributed by atoms with Gasteiger partial charge in [-0.2, -0.15) is 0 Å². The maximum absolute atomic E-state index is 12.9. The van der Waals surface area contributed by atoms with Crippen LogP contribution in [0, 0.1) is 6.92 Å². The number of likely N-dealkylation sites (tertiary alicyclic amines) is 1. The van der Waals surface area contributed by atoms with Crippen LogP contribution in [0.4, 0.5) is 4.79 Å². The van der Waals surface area contributed by atoms with Crippen molar-refractivity contribution in [3.05, 3.63) is 29.3 Å². The number of phenolic OH excluding ortho intramolecular Hbond substituents is 1. The minimum atomic E-state index is -1.20. The SMILES string of the molecule is CCCC1(O)C(C)N(C)CCC1(CC(=O)NC(=O)NCC)c1cc(O)ccc1C. The van der Waals surface area contributed by atoms with Crippen molar-refractivity contribution in [1.29, 1.82) is 0 Å². The zero-order valence-electron chi connectivity index (χ0n) is 18.2. The van der Waals surface area contributed by atoms with Crippen LogP contribution in [0.25, 0.3) is 0 Å². The van der Waals surface area contributed by atoms with Crippen molar-refractivity contribution in [2.45, 2.75) is 70.4 Å². The number of aliphatic hydroxyl groups is 1. The summed E-state index contributed by atoms with van der Waals surface area (Å²) in [5.74, 6) is -0.343. The number of hydrogen-bond donors (Lipinski definition) is 4. The summed E-state index contributed by atoms with van der Waals surface area (Å²) in [6.45, 7) is 8.79. The number of phenols is 1. The summed E-state index contributed by atoms with van der Waals surface area (Å²) in [7, 11) is 1.97. The van der Waals surface area contributed by atoms with Crippen LogP contribution in [0.1, 0.15) is 57.6 Å². The van der Waals surface area contributed by atoms with Crippen LogP contribution >= 0.6 is 0 Å². The molecule has 4 N–H and O–H groups in total. The molecule has 1 aromatic rings. The van der Waals surface area contributed by atoms with E-state index in [0.29, 0.717) is 25.9 Å². The standard InChI is InChI=1S/C22H35N3O4/c1-6-10-22(29)16(4)25(5)12-11-21(22,14-19(27)24-20(28)23-7-2)18-13-17(26)9-8-15(18)3/h8-9,13,16,26,29H,6-7,10-12,14H2,1-5H3,(H2,23,24,27,28). The Morgan fingerprint density at radius 2 is 2.00 bits per heavy atom. The zero-order chi connectivity index (χ0) is 21.8. The Labute approximate surface area is 173 Å². The lowest BCUT2D eigenvalue weighted by atomic mass is 9.56. The molecule has 29 heavy (non-hydrogen) atoms. The number of carbonyl (C=O) groups excluding carboxylic acids is 2. The van der Waals surface area contributed by atoms with Crippen LogP contribution in [0.2, 0.25) is 0 Å². The fourth-order valence-corrected chi connectivity index (χ4v) is 4.85. The van der Waals surface area contributed by atoms with E-state index in [4.69, 9.17) is 0 Å². The first-order chi connectivity index (χ1) is 13.6. The number of nitrogens with one attached hydrogen (secondary N) is 2. The molecule has 1 aromatic carbocycles. The van der Waals surface area contributed by atoms with Crippen molar-refractivity contribution in [1.82, 2.24) is 15.5 Å². The molecule has 3 unspecified atom stereocenters. The summed E-state index contributed by atoms with van der Waals surface area (Å²) in [5, 5.41) is 27.2. The third kappa shape index (κ3) is 4.41. The Morgan fingerprint density at radius 1 is 1.31 bits per heavy atom. The van der Waals surface area contributed by atoms with Gasteiger partial charge in [0.05, 0.1) is 5.60 Å². The average molecular weight is 406 g/mol. The third-order valence-electron chi connectivity index (χ3n) is 6.49. The second-order valence-electron chi connectivity index (χ2n) is 8.25. The molecule has 1 aliphatic heterocycles. The van der Waals surface area contributed by atoms with E-state index >= 15 is 0 Å². The molecule has 3 amide bonds. The van der Waals surface area contributed by atoms with Crippen molar-refractivity contribution in [2.75, 3.05) is 20.1 Å². The number of amides is 3. The largest absolute Gasteiger partial charge is 0.508 e. The fourth-order valence-electron chi connectivity index (χ4n) is 4.85. The Hall–Kier alpha value is -2.12. The van der Waals surface area contributed by atoms with Crippen LogP contribution < -0.4 is 10.6 Å². The number of benzene rings is 1. The maximum Gasteiger partial charge on any atom is 0.321 e. The second-order valence-corrected chi connectivity index (χ2v) is 8.25. The first-order valence-electron chi connectivity index (χ1n) is 10.4. The number of carbonyl (C=O) groups is 2. The summed E-state index contributed by atoms with van der Waals surface area (Å²) in [5.41, 5.74) is -0.459. The number of rotatable bonds is 6. The minimum Gasteiger partial charge on any atom is -0.508 e. The predicted molar refractivity (Wildman–Crippen MR) is 113 cm³/mol. The first kappa shape index (κ1) is 23.2. The van der Waals surface area contributed by atoms with Gasteiger partial charge >= 0.3 is 6.03 Å². The van der Waals surface area contributed by atoms with Gasteiger partial charge in [0.15, 0.2) is 0 Å². The van der Waals surface area contributed by atoms with E-state index in [-0.39, 0.29) is 18.2 Å². The van der Waals surface area contributed by atoms with Gasteiger partial charge in [0.2, 0.25) is 5.91 Å². The van der Waals surface area contributed by atoms with Gasteiger partial charge in [0, 0.05) is 24.4 Å².